The van der Waals surface area contributed by atoms with Crippen LogP contribution in [0.4, 0.5) is 5.82 Å². The molecule has 0 bridgehead atoms. The first-order valence-corrected chi connectivity index (χ1v) is 10.4. The standard InChI is InChI=1S/C24H24N6O/c1-17-6-5-7-19-20(14-21(27-23(17)19)18-15-26-28(2)16-18)24(31)30-12-10-29(11-13-30)22-8-3-4-9-25-22/h3-9,14-16H,10-13H2,1-2H3. The molecule has 4 heterocycles. The minimum absolute atomic E-state index is 0.0452. The highest BCUT2D eigenvalue weighted by molar-refractivity contribution is 6.07. The van der Waals surface area contributed by atoms with Crippen LogP contribution in [0.3, 0.4) is 0 Å². The molecule has 0 radical (unpaired) electrons. The number of carbonyl (C=O) groups excluding carboxylic acids is 1. The van der Waals surface area contributed by atoms with E-state index in [0.29, 0.717) is 18.7 Å². The first-order chi connectivity index (χ1) is 15.1. The highest BCUT2D eigenvalue weighted by Crippen LogP contribution is 2.28. The van der Waals surface area contributed by atoms with Gasteiger partial charge < -0.3 is 9.80 Å². The molecule has 1 fully saturated rings. The van der Waals surface area contributed by atoms with Gasteiger partial charge in [0.1, 0.15) is 5.82 Å². The van der Waals surface area contributed by atoms with Gasteiger partial charge in [-0.1, -0.05) is 24.3 Å². The molecule has 31 heavy (non-hydrogen) atoms. The van der Waals surface area contributed by atoms with Crippen molar-refractivity contribution < 1.29 is 4.79 Å². The molecular weight excluding hydrogens is 388 g/mol. The second kappa shape index (κ2) is 7.83. The van der Waals surface area contributed by atoms with Gasteiger partial charge in [-0.05, 0) is 30.7 Å². The summed E-state index contributed by atoms with van der Waals surface area (Å²) in [4.78, 5) is 27.0. The quantitative estimate of drug-likeness (QED) is 0.517. The van der Waals surface area contributed by atoms with E-state index in [2.05, 4.69) is 15.0 Å². The first kappa shape index (κ1) is 19.2. The average Bonchev–Trinajstić information content (AvgIpc) is 3.25. The third-order valence-corrected chi connectivity index (χ3v) is 5.81. The molecule has 5 rings (SSSR count). The number of benzene rings is 1. The average molecular weight is 412 g/mol. The van der Waals surface area contributed by atoms with Crippen molar-refractivity contribution in [3.8, 4) is 11.3 Å². The van der Waals surface area contributed by atoms with Crippen LogP contribution in [-0.2, 0) is 7.05 Å². The van der Waals surface area contributed by atoms with Crippen molar-refractivity contribution in [3.63, 3.8) is 0 Å². The number of hydrogen-bond donors (Lipinski definition) is 0. The van der Waals surface area contributed by atoms with Crippen LogP contribution in [-0.4, -0.2) is 56.7 Å². The minimum atomic E-state index is 0.0452. The zero-order chi connectivity index (χ0) is 21.4. The van der Waals surface area contributed by atoms with E-state index in [-0.39, 0.29) is 5.91 Å². The third kappa shape index (κ3) is 3.63. The molecule has 0 saturated carbocycles. The van der Waals surface area contributed by atoms with Crippen molar-refractivity contribution in [2.75, 3.05) is 31.1 Å². The van der Waals surface area contributed by atoms with E-state index in [4.69, 9.17) is 4.98 Å². The Morgan fingerprint density at radius 1 is 1.03 bits per heavy atom. The van der Waals surface area contributed by atoms with E-state index in [0.717, 1.165) is 46.6 Å². The number of carbonyl (C=O) groups is 1. The molecule has 0 spiro atoms. The highest BCUT2D eigenvalue weighted by atomic mass is 16.2. The van der Waals surface area contributed by atoms with Crippen molar-refractivity contribution in [3.05, 3.63) is 72.2 Å². The highest BCUT2D eigenvalue weighted by Gasteiger charge is 2.25. The molecule has 1 aliphatic rings. The van der Waals surface area contributed by atoms with Gasteiger partial charge in [-0.2, -0.15) is 5.10 Å². The number of fused-ring (bicyclic) bond motifs is 1. The predicted molar refractivity (Wildman–Crippen MR) is 121 cm³/mol. The maximum absolute atomic E-state index is 13.6. The summed E-state index contributed by atoms with van der Waals surface area (Å²) in [6, 6.07) is 13.8. The van der Waals surface area contributed by atoms with Crippen molar-refractivity contribution in [1.29, 1.82) is 0 Å². The molecule has 0 N–H and O–H groups in total. The molecule has 4 aromatic rings. The Morgan fingerprint density at radius 2 is 1.87 bits per heavy atom. The largest absolute Gasteiger partial charge is 0.353 e. The van der Waals surface area contributed by atoms with Crippen LogP contribution >= 0.6 is 0 Å². The molecule has 3 aromatic heterocycles. The van der Waals surface area contributed by atoms with E-state index < -0.39 is 0 Å². The van der Waals surface area contributed by atoms with Gasteiger partial charge in [0.2, 0.25) is 0 Å². The summed E-state index contributed by atoms with van der Waals surface area (Å²) in [7, 11) is 1.88. The van der Waals surface area contributed by atoms with E-state index in [1.165, 1.54) is 0 Å². The van der Waals surface area contributed by atoms with Crippen LogP contribution in [0.15, 0.2) is 61.1 Å². The van der Waals surface area contributed by atoms with Crippen LogP contribution in [0.2, 0.25) is 0 Å². The Morgan fingerprint density at radius 3 is 2.58 bits per heavy atom. The molecule has 1 amide bonds. The van der Waals surface area contributed by atoms with E-state index in [1.54, 1.807) is 17.1 Å². The van der Waals surface area contributed by atoms with E-state index >= 15 is 0 Å². The summed E-state index contributed by atoms with van der Waals surface area (Å²) < 4.78 is 1.75. The predicted octanol–water partition coefficient (Wildman–Crippen LogP) is 3.30. The Kier molecular flexibility index (Phi) is 4.86. The van der Waals surface area contributed by atoms with Crippen molar-refractivity contribution in [2.24, 2.45) is 7.05 Å². The fourth-order valence-electron chi connectivity index (χ4n) is 4.12. The Bertz CT molecular complexity index is 1240. The first-order valence-electron chi connectivity index (χ1n) is 10.4. The van der Waals surface area contributed by atoms with Crippen LogP contribution in [0.1, 0.15) is 15.9 Å². The number of aryl methyl sites for hydroxylation is 2. The summed E-state index contributed by atoms with van der Waals surface area (Å²) in [5.74, 6) is 1.00. The van der Waals surface area contributed by atoms with Crippen LogP contribution < -0.4 is 4.90 Å². The minimum Gasteiger partial charge on any atom is -0.353 e. The number of nitrogens with zero attached hydrogens (tertiary/aromatic N) is 6. The van der Waals surface area contributed by atoms with Crippen LogP contribution in [0, 0.1) is 6.92 Å². The van der Waals surface area contributed by atoms with Gasteiger partial charge in [0.15, 0.2) is 0 Å². The number of aromatic nitrogens is 4. The Balaban J connectivity index is 1.48. The Hall–Kier alpha value is -3.74. The number of amides is 1. The monoisotopic (exact) mass is 412 g/mol. The second-order valence-electron chi connectivity index (χ2n) is 7.90. The van der Waals surface area contributed by atoms with Crippen LogP contribution in [0.25, 0.3) is 22.2 Å². The molecule has 0 unspecified atom stereocenters. The van der Waals surface area contributed by atoms with Crippen molar-refractivity contribution in [2.45, 2.75) is 6.92 Å². The molecule has 7 nitrogen and oxygen atoms in total. The van der Waals surface area contributed by atoms with Gasteiger partial charge in [-0.25, -0.2) is 9.97 Å². The fraction of sp³-hybridized carbons (Fsp3) is 0.250. The number of piperazine rings is 1. The number of para-hydroxylation sites is 1. The molecule has 156 valence electrons. The van der Waals surface area contributed by atoms with Gasteiger partial charge >= 0.3 is 0 Å². The van der Waals surface area contributed by atoms with Crippen molar-refractivity contribution >= 4 is 22.6 Å². The second-order valence-corrected chi connectivity index (χ2v) is 7.90. The van der Waals surface area contributed by atoms with Gasteiger partial charge in [-0.3, -0.25) is 9.48 Å². The summed E-state index contributed by atoms with van der Waals surface area (Å²) in [5, 5.41) is 5.16. The molecular formula is C24H24N6O. The molecule has 0 aliphatic carbocycles. The van der Waals surface area contributed by atoms with E-state index in [9.17, 15) is 4.79 Å². The fourth-order valence-corrected chi connectivity index (χ4v) is 4.12. The number of pyridine rings is 2. The maximum atomic E-state index is 13.6. The van der Waals surface area contributed by atoms with Gasteiger partial charge in [-0.15, -0.1) is 0 Å². The van der Waals surface area contributed by atoms with Crippen LogP contribution in [0.5, 0.6) is 0 Å². The lowest BCUT2D eigenvalue weighted by Crippen LogP contribution is -2.49. The molecule has 0 atom stereocenters. The lowest BCUT2D eigenvalue weighted by molar-refractivity contribution is 0.0748. The summed E-state index contributed by atoms with van der Waals surface area (Å²) in [5.41, 5.74) is 4.28. The third-order valence-electron chi connectivity index (χ3n) is 5.81. The van der Waals surface area contributed by atoms with Crippen molar-refractivity contribution in [1.82, 2.24) is 24.6 Å². The summed E-state index contributed by atoms with van der Waals surface area (Å²) in [6.07, 6.45) is 5.51. The number of anilines is 1. The lowest BCUT2D eigenvalue weighted by atomic mass is 10.0. The lowest BCUT2D eigenvalue weighted by Gasteiger charge is -2.35. The van der Waals surface area contributed by atoms with Gasteiger partial charge in [0, 0.05) is 56.6 Å². The maximum Gasteiger partial charge on any atom is 0.254 e. The Labute approximate surface area is 181 Å². The molecule has 1 aromatic carbocycles. The zero-order valence-corrected chi connectivity index (χ0v) is 17.7. The van der Waals surface area contributed by atoms with Gasteiger partial charge in [0.05, 0.1) is 23.0 Å². The van der Waals surface area contributed by atoms with E-state index in [1.807, 2.05) is 67.5 Å². The summed E-state index contributed by atoms with van der Waals surface area (Å²) >= 11 is 0. The van der Waals surface area contributed by atoms with Gasteiger partial charge in [0.25, 0.3) is 5.91 Å². The smallest absolute Gasteiger partial charge is 0.254 e. The molecule has 7 heteroatoms. The summed E-state index contributed by atoms with van der Waals surface area (Å²) in [6.45, 7) is 4.88. The zero-order valence-electron chi connectivity index (χ0n) is 17.7. The number of hydrogen-bond acceptors (Lipinski definition) is 5. The SMILES string of the molecule is Cc1cccc2c(C(=O)N3CCN(c4ccccn4)CC3)cc(-c3cnn(C)c3)nc12. The molecule has 1 aliphatic heterocycles. The number of rotatable bonds is 3. The normalized spacial score (nSPS) is 14.3. The topological polar surface area (TPSA) is 67.2 Å². The molecule has 1 saturated heterocycles.